The topological polar surface area (TPSA) is 236 Å². The molecule has 6 aliphatic heterocycles. The summed E-state index contributed by atoms with van der Waals surface area (Å²) >= 11 is 11.8. The van der Waals surface area contributed by atoms with E-state index in [1.165, 1.54) is 60.7 Å². The lowest BCUT2D eigenvalue weighted by Gasteiger charge is -2.30. The Morgan fingerprint density at radius 1 is 0.468 bits per heavy atom. The molecular formula is C65H69BCl2F7N6O13. The quantitative estimate of drug-likeness (QED) is 0.0347. The molecule has 2 aromatic heterocycles. The second-order valence-electron chi connectivity index (χ2n) is 23.5. The number of hydrogen-bond acceptors (Lipinski definition) is 17. The number of fused-ring (bicyclic) bond motifs is 5. The van der Waals surface area contributed by atoms with Crippen molar-refractivity contribution in [3.8, 4) is 34.5 Å². The number of furan rings is 2. The van der Waals surface area contributed by atoms with Gasteiger partial charge < -0.3 is 83.6 Å². The summed E-state index contributed by atoms with van der Waals surface area (Å²) < 4.78 is 148. The standard InChI is InChI=1S/2C25H24ClF3N2O5.C15H21FN2O3.B/c2*26-15-3-4-19-14(9-15)10-22(36-19)25(28,29)24(33)30-18(13-31-5-1-2-6-31)23(32)16-11-20-21(12-17(16)27)35-8-7-34-20;16-11-8-14-13(20-5-6-21-14)7-10(11)15(19)12(17)9-18-3-1-2-4-18;/h2*3-4,9-12,18,23,32H,1-2,5-8,13H2,(H,30,33);7-8,12,15,19H,1-6,9,17H2;/t18-,23+;18-,23-;12-,15?;/m111./s1. The molecule has 19 nitrogen and oxygen atoms in total. The first-order chi connectivity index (χ1) is 44.6. The van der Waals surface area contributed by atoms with Crippen LogP contribution in [-0.2, 0) is 21.4 Å². The highest BCUT2D eigenvalue weighted by atomic mass is 35.5. The highest BCUT2D eigenvalue weighted by Gasteiger charge is 2.48. The minimum absolute atomic E-state index is 0. The highest BCUT2D eigenvalue weighted by molar-refractivity contribution is 6.31. The molecule has 503 valence electrons. The van der Waals surface area contributed by atoms with Crippen LogP contribution in [0.4, 0.5) is 30.7 Å². The van der Waals surface area contributed by atoms with Gasteiger partial charge in [0.15, 0.2) is 46.0 Å². The van der Waals surface area contributed by atoms with Crippen molar-refractivity contribution in [1.82, 2.24) is 25.3 Å². The van der Waals surface area contributed by atoms with Crippen LogP contribution in [0.25, 0.3) is 21.9 Å². The molecule has 8 heterocycles. The molecule has 0 saturated carbocycles. The van der Waals surface area contributed by atoms with Gasteiger partial charge >= 0.3 is 11.8 Å². The van der Waals surface area contributed by atoms with Crippen molar-refractivity contribution in [3.63, 3.8) is 0 Å². The van der Waals surface area contributed by atoms with Gasteiger partial charge in [-0.15, -0.1) is 0 Å². The van der Waals surface area contributed by atoms with Crippen LogP contribution in [0.15, 0.2) is 93.8 Å². The minimum atomic E-state index is -4.06. The molecule has 3 radical (unpaired) electrons. The number of likely N-dealkylation sites (tertiary alicyclic amines) is 3. The third-order valence-electron chi connectivity index (χ3n) is 16.9. The maximum atomic E-state index is 15.2. The Hall–Kier alpha value is -7.21. The largest absolute Gasteiger partial charge is 0.486 e. The van der Waals surface area contributed by atoms with Crippen LogP contribution in [0.2, 0.25) is 10.0 Å². The molecule has 7 aromatic rings. The van der Waals surface area contributed by atoms with E-state index in [2.05, 4.69) is 15.5 Å². The molecular weight excluding hydrogens is 1290 g/mol. The van der Waals surface area contributed by atoms with Gasteiger partial charge in [0.05, 0.1) is 18.2 Å². The number of halogens is 9. The number of benzene rings is 5. The van der Waals surface area contributed by atoms with Crippen LogP contribution in [0.1, 0.15) is 85.0 Å². The van der Waals surface area contributed by atoms with E-state index in [1.807, 2.05) is 9.80 Å². The summed E-state index contributed by atoms with van der Waals surface area (Å²) in [6, 6.07) is 15.3. The van der Waals surface area contributed by atoms with Crippen molar-refractivity contribution < 1.29 is 92.9 Å². The first kappa shape index (κ1) is 69.6. The van der Waals surface area contributed by atoms with Crippen molar-refractivity contribution in [3.05, 3.63) is 141 Å². The Balaban J connectivity index is 0.000000159. The summed E-state index contributed by atoms with van der Waals surface area (Å²) in [6.45, 7) is 7.16. The van der Waals surface area contributed by atoms with Crippen LogP contribution >= 0.6 is 23.2 Å². The number of rotatable bonds is 18. The summed E-state index contributed by atoms with van der Waals surface area (Å²) in [5.41, 5.74) is 6.13. The number of nitrogens with zero attached hydrogens (tertiary/aromatic N) is 3. The number of aliphatic hydroxyl groups is 3. The zero-order valence-corrected chi connectivity index (χ0v) is 52.2. The number of nitrogens with two attached hydrogens (primary N) is 1. The summed E-state index contributed by atoms with van der Waals surface area (Å²) in [7, 11) is 0. The maximum Gasteiger partial charge on any atom is 0.380 e. The molecule has 29 heteroatoms. The molecule has 13 rings (SSSR count). The number of aliphatic hydroxyl groups excluding tert-OH is 3. The second-order valence-corrected chi connectivity index (χ2v) is 24.3. The smallest absolute Gasteiger partial charge is 0.380 e. The number of amides is 2. The molecule has 3 saturated heterocycles. The van der Waals surface area contributed by atoms with Crippen LogP contribution < -0.4 is 44.8 Å². The van der Waals surface area contributed by atoms with Crippen molar-refractivity contribution in [2.24, 2.45) is 5.73 Å². The molecule has 1 unspecified atom stereocenters. The molecule has 7 N–H and O–H groups in total. The van der Waals surface area contributed by atoms with Gasteiger partial charge in [-0.25, -0.2) is 13.2 Å². The predicted octanol–water partition coefficient (Wildman–Crippen LogP) is 9.48. The van der Waals surface area contributed by atoms with E-state index in [4.69, 9.17) is 66.2 Å². The van der Waals surface area contributed by atoms with Crippen molar-refractivity contribution in [1.29, 1.82) is 0 Å². The fourth-order valence-corrected chi connectivity index (χ4v) is 12.3. The zero-order valence-electron chi connectivity index (χ0n) is 50.7. The van der Waals surface area contributed by atoms with E-state index < -0.39 is 89.1 Å². The van der Waals surface area contributed by atoms with Crippen molar-refractivity contribution >= 4 is 65.4 Å². The third-order valence-corrected chi connectivity index (χ3v) is 17.3. The highest BCUT2D eigenvalue weighted by Crippen LogP contribution is 2.41. The fourth-order valence-electron chi connectivity index (χ4n) is 12.0. The molecule has 6 atom stereocenters. The average molecular weight is 1360 g/mol. The lowest BCUT2D eigenvalue weighted by molar-refractivity contribution is -0.151. The number of carbonyl (C=O) groups excluding carboxylic acids is 2. The van der Waals surface area contributed by atoms with E-state index in [-0.39, 0.29) is 98.8 Å². The van der Waals surface area contributed by atoms with E-state index in [0.29, 0.717) is 78.3 Å². The summed E-state index contributed by atoms with van der Waals surface area (Å²) in [5, 5.41) is 38.3. The Labute approximate surface area is 547 Å². The first-order valence-corrected chi connectivity index (χ1v) is 31.4. The number of carbonyl (C=O) groups is 2. The number of hydrogen-bond donors (Lipinski definition) is 6. The Kier molecular flexibility index (Phi) is 22.4. The van der Waals surface area contributed by atoms with E-state index in [9.17, 15) is 38.1 Å². The summed E-state index contributed by atoms with van der Waals surface area (Å²) in [4.78, 5) is 31.7. The van der Waals surface area contributed by atoms with Gasteiger partial charge in [-0.2, -0.15) is 17.6 Å². The Morgan fingerprint density at radius 3 is 1.10 bits per heavy atom. The summed E-state index contributed by atoms with van der Waals surface area (Å²) in [5.74, 6) is -13.6. The lowest BCUT2D eigenvalue weighted by atomic mass is 9.99. The Morgan fingerprint density at radius 2 is 0.766 bits per heavy atom. The maximum absolute atomic E-state index is 15.2. The van der Waals surface area contributed by atoms with Gasteiger partial charge in [-0.05, 0) is 145 Å². The molecule has 6 aliphatic rings. The molecule has 5 aromatic carbocycles. The van der Waals surface area contributed by atoms with Gasteiger partial charge in [0, 0.05) is 89.8 Å². The molecule has 0 bridgehead atoms. The van der Waals surface area contributed by atoms with Gasteiger partial charge in [0.1, 0.15) is 80.5 Å². The second kappa shape index (κ2) is 30.3. The third kappa shape index (κ3) is 16.0. The van der Waals surface area contributed by atoms with Crippen LogP contribution in [0.5, 0.6) is 34.5 Å². The van der Waals surface area contributed by atoms with Crippen molar-refractivity contribution in [2.75, 3.05) is 98.5 Å². The molecule has 3 fully saturated rings. The normalized spacial score (nSPS) is 18.4. The summed E-state index contributed by atoms with van der Waals surface area (Å²) in [6.07, 6.45) is 1.58. The minimum Gasteiger partial charge on any atom is -0.486 e. The molecule has 2 amide bonds. The number of alkyl halides is 4. The lowest BCUT2D eigenvalue weighted by Crippen LogP contribution is -2.51. The molecule has 94 heavy (non-hydrogen) atoms. The van der Waals surface area contributed by atoms with Crippen molar-refractivity contribution in [2.45, 2.75) is 86.8 Å². The SMILES string of the molecule is N[C@H](CN1CCCC1)C(O)c1cc2c(cc1F)OCCO2.O=C(N[C@H](CN1CCCC1)[C@@H](O)c1cc2c(cc1F)OCCO2)C(F)(F)c1cc2cc(Cl)ccc2o1.O=C(N[C@H](CN1CCCC1)[C@H](O)c1cc2c(cc1F)OCCO2)C(F)(F)c1cc2cc(Cl)ccc2o1.[B]. The Bertz CT molecular complexity index is 3600. The van der Waals surface area contributed by atoms with Gasteiger partial charge in [-0.3, -0.25) is 9.59 Å². The van der Waals surface area contributed by atoms with Gasteiger partial charge in [0.25, 0.3) is 11.8 Å². The fraction of sp³-hybridized carbons (Fsp3) is 0.446. The monoisotopic (exact) mass is 1360 g/mol. The number of ether oxygens (including phenoxy) is 6. The first-order valence-electron chi connectivity index (χ1n) is 30.6. The van der Waals surface area contributed by atoms with Gasteiger partial charge in [-0.1, -0.05) is 23.2 Å². The van der Waals surface area contributed by atoms with E-state index >= 15 is 17.6 Å². The van der Waals surface area contributed by atoms with Crippen LogP contribution in [0.3, 0.4) is 0 Å². The molecule has 0 aliphatic carbocycles. The van der Waals surface area contributed by atoms with E-state index in [0.717, 1.165) is 75.9 Å². The average Bonchev–Trinajstić information content (AvgIpc) is 1.41. The predicted molar refractivity (Wildman–Crippen MR) is 332 cm³/mol. The molecule has 0 spiro atoms. The van der Waals surface area contributed by atoms with Gasteiger partial charge in [0.2, 0.25) is 0 Å². The van der Waals surface area contributed by atoms with Crippen LogP contribution in [0, 0.1) is 17.5 Å². The zero-order chi connectivity index (χ0) is 65.7. The van der Waals surface area contributed by atoms with E-state index in [1.54, 1.807) is 0 Å². The number of nitrogens with one attached hydrogen (secondary N) is 2. The van der Waals surface area contributed by atoms with Crippen LogP contribution in [-0.4, -0.2) is 167 Å².